The second-order valence-electron chi connectivity index (χ2n) is 10.9. The molecule has 0 heterocycles. The molecule has 0 aliphatic heterocycles. The van der Waals surface area contributed by atoms with Gasteiger partial charge in [-0.2, -0.15) is 0 Å². The number of benzene rings is 2. The van der Waals surface area contributed by atoms with Crippen LogP contribution in [-0.4, -0.2) is 65.4 Å². The van der Waals surface area contributed by atoms with Crippen molar-refractivity contribution >= 4 is 16.7 Å². The lowest BCUT2D eigenvalue weighted by molar-refractivity contribution is -0.945. The molecule has 6 nitrogen and oxygen atoms in total. The van der Waals surface area contributed by atoms with Crippen LogP contribution in [0.4, 0.5) is 0 Å². The van der Waals surface area contributed by atoms with E-state index in [1.165, 1.54) is 83.5 Å². The molecule has 39 heavy (non-hydrogen) atoms. The summed E-state index contributed by atoms with van der Waals surface area (Å²) in [7, 11) is 0. The van der Waals surface area contributed by atoms with Crippen LogP contribution in [0.3, 0.4) is 0 Å². The summed E-state index contributed by atoms with van der Waals surface area (Å²) >= 11 is 0. The fraction of sp³-hybridized carbons (Fsp3) is 0.667. The lowest BCUT2D eigenvalue weighted by Gasteiger charge is -2.36. The van der Waals surface area contributed by atoms with Crippen LogP contribution in [0.2, 0.25) is 0 Å². The van der Waals surface area contributed by atoms with Crippen LogP contribution >= 0.6 is 0 Å². The third-order valence-corrected chi connectivity index (χ3v) is 7.66. The Hall–Kier alpha value is -1.99. The van der Waals surface area contributed by atoms with Gasteiger partial charge in [-0.3, -0.25) is 4.48 Å². The molecular formula is C33H55NO5. The highest BCUT2D eigenvalue weighted by Crippen LogP contribution is 2.18. The molecule has 6 heteroatoms. The van der Waals surface area contributed by atoms with E-state index in [4.69, 9.17) is 5.11 Å². The van der Waals surface area contributed by atoms with Crippen molar-refractivity contribution in [2.45, 2.75) is 103 Å². The summed E-state index contributed by atoms with van der Waals surface area (Å²) in [5.41, 5.74) is 0.248. The van der Waals surface area contributed by atoms with Crippen molar-refractivity contribution < 1.29 is 29.7 Å². The Morgan fingerprint density at radius 2 is 1.15 bits per heavy atom. The van der Waals surface area contributed by atoms with Gasteiger partial charge in [-0.05, 0) is 23.6 Å². The molecule has 0 saturated carbocycles. The molecule has 2 aromatic rings. The van der Waals surface area contributed by atoms with Gasteiger partial charge in [-0.15, -0.1) is 0 Å². The molecule has 2 rings (SSSR count). The van der Waals surface area contributed by atoms with E-state index in [0.717, 1.165) is 30.3 Å². The van der Waals surface area contributed by atoms with Crippen LogP contribution in [0.5, 0.6) is 0 Å². The first-order chi connectivity index (χ1) is 19.0. The molecule has 0 saturated heterocycles. The van der Waals surface area contributed by atoms with Crippen molar-refractivity contribution in [1.82, 2.24) is 0 Å². The first-order valence-electron chi connectivity index (χ1n) is 15.4. The monoisotopic (exact) mass is 545 g/mol. The molecule has 3 N–H and O–H groups in total. The molecule has 0 bridgehead atoms. The van der Waals surface area contributed by atoms with Crippen LogP contribution in [-0.2, 0) is 0 Å². The van der Waals surface area contributed by atoms with Crippen molar-refractivity contribution in [2.75, 3.05) is 39.6 Å². The number of carboxylic acid groups (broad SMARTS) is 1. The molecule has 0 aliphatic rings. The van der Waals surface area contributed by atoms with Crippen LogP contribution in [0.15, 0.2) is 42.5 Å². The molecule has 0 amide bonds. The predicted octanol–water partition coefficient (Wildman–Crippen LogP) is 5.81. The fourth-order valence-corrected chi connectivity index (χ4v) is 5.21. The number of aromatic carboxylic acids is 1. The van der Waals surface area contributed by atoms with Crippen molar-refractivity contribution in [1.29, 1.82) is 0 Å². The first kappa shape index (κ1) is 35.0. The first-order valence-corrected chi connectivity index (χ1v) is 15.4. The molecule has 0 aromatic heterocycles. The number of aliphatic hydroxyl groups is 3. The van der Waals surface area contributed by atoms with Crippen LogP contribution in [0, 0.1) is 0 Å². The van der Waals surface area contributed by atoms with Crippen LogP contribution < -0.4 is 5.11 Å². The molecule has 0 spiro atoms. The molecule has 0 radical (unpaired) electrons. The van der Waals surface area contributed by atoms with Gasteiger partial charge in [-0.1, -0.05) is 126 Å². The quantitative estimate of drug-likeness (QED) is 0.0984. The largest absolute Gasteiger partial charge is 0.545 e. The average molecular weight is 546 g/mol. The zero-order valence-corrected chi connectivity index (χ0v) is 24.5. The average Bonchev–Trinajstić information content (AvgIpc) is 2.96. The summed E-state index contributed by atoms with van der Waals surface area (Å²) in [6.07, 6.45) is 19.6. The number of quaternary nitrogens is 1. The maximum absolute atomic E-state index is 10.7. The molecular weight excluding hydrogens is 490 g/mol. The van der Waals surface area contributed by atoms with E-state index in [1.54, 1.807) is 18.2 Å². The fourth-order valence-electron chi connectivity index (χ4n) is 5.21. The second-order valence-corrected chi connectivity index (χ2v) is 10.9. The topological polar surface area (TPSA) is 101 Å². The van der Waals surface area contributed by atoms with Gasteiger partial charge >= 0.3 is 0 Å². The molecule has 2 aromatic carbocycles. The number of nitrogens with zero attached hydrogens (tertiary/aromatic N) is 1. The molecule has 1 atom stereocenters. The van der Waals surface area contributed by atoms with Gasteiger partial charge in [0.2, 0.25) is 0 Å². The number of hydrogen-bond donors (Lipinski definition) is 3. The number of unbranched alkanes of at least 4 members (excludes halogenated alkanes) is 13. The number of aliphatic hydroxyl groups excluding tert-OH is 3. The summed E-state index contributed by atoms with van der Waals surface area (Å²) in [4.78, 5) is 10.7. The third-order valence-electron chi connectivity index (χ3n) is 7.66. The maximum atomic E-state index is 10.7. The predicted molar refractivity (Wildman–Crippen MR) is 159 cm³/mol. The number of carbonyl (C=O) groups is 1. The summed E-state index contributed by atoms with van der Waals surface area (Å²) in [6.45, 7) is 4.86. The zero-order chi connectivity index (χ0) is 28.6. The number of fused-ring (bicyclic) bond motifs is 1. The Morgan fingerprint density at radius 1 is 0.641 bits per heavy atom. The molecule has 0 fully saturated rings. The molecule has 1 unspecified atom stereocenters. The Labute approximate surface area is 237 Å². The van der Waals surface area contributed by atoms with E-state index in [-0.39, 0.29) is 25.5 Å². The summed E-state index contributed by atoms with van der Waals surface area (Å²) in [6, 6.07) is 12.5. The van der Waals surface area contributed by atoms with Gasteiger partial charge in [0.25, 0.3) is 0 Å². The van der Waals surface area contributed by atoms with Crippen molar-refractivity contribution in [3.8, 4) is 0 Å². The number of carboxylic acids is 1. The highest BCUT2D eigenvalue weighted by Gasteiger charge is 2.24. The van der Waals surface area contributed by atoms with E-state index in [9.17, 15) is 20.1 Å². The highest BCUT2D eigenvalue weighted by molar-refractivity contribution is 6.02. The van der Waals surface area contributed by atoms with Gasteiger partial charge in [0.15, 0.2) is 6.73 Å². The normalized spacial score (nSPS) is 12.6. The Kier molecular flexibility index (Phi) is 20.5. The standard InChI is InChI=1S/C22H48NO3.C11H8O2/c1-2-3-4-5-6-7-8-9-10-11-12-13-14-15-17-23(22-26,19-21-25)18-16-20-24;12-11(13)10-7-3-5-8-4-1-2-6-9(8)10/h24-26H,2-22H2,1H3;1-7H,(H,12,13)/q+1;/p-1. The van der Waals surface area contributed by atoms with E-state index < -0.39 is 5.97 Å². The minimum Gasteiger partial charge on any atom is -0.545 e. The lowest BCUT2D eigenvalue weighted by atomic mass is 10.0. The van der Waals surface area contributed by atoms with Crippen molar-refractivity contribution in [3.05, 3.63) is 48.0 Å². The van der Waals surface area contributed by atoms with Crippen LogP contribution in [0.1, 0.15) is 114 Å². The highest BCUT2D eigenvalue weighted by atomic mass is 16.4. The lowest BCUT2D eigenvalue weighted by Crippen LogP contribution is -2.52. The van der Waals surface area contributed by atoms with E-state index in [2.05, 4.69) is 6.92 Å². The van der Waals surface area contributed by atoms with E-state index in [0.29, 0.717) is 17.4 Å². The van der Waals surface area contributed by atoms with Gasteiger partial charge in [0.05, 0.1) is 25.7 Å². The smallest absolute Gasteiger partial charge is 0.180 e. The molecule has 0 aliphatic carbocycles. The number of rotatable bonds is 22. The minimum absolute atomic E-state index is 0.0685. The van der Waals surface area contributed by atoms with Gasteiger partial charge in [0.1, 0.15) is 6.54 Å². The Balaban J connectivity index is 0.000000480. The maximum Gasteiger partial charge on any atom is 0.180 e. The van der Waals surface area contributed by atoms with Gasteiger partial charge in [0, 0.05) is 18.6 Å². The minimum atomic E-state index is -1.13. The Bertz CT molecular complexity index is 869. The van der Waals surface area contributed by atoms with Crippen LogP contribution in [0.25, 0.3) is 10.8 Å². The Morgan fingerprint density at radius 3 is 1.67 bits per heavy atom. The summed E-state index contributed by atoms with van der Waals surface area (Å²) < 4.78 is 0.537. The summed E-state index contributed by atoms with van der Waals surface area (Å²) in [5, 5.41) is 40.4. The van der Waals surface area contributed by atoms with Crippen molar-refractivity contribution in [2.24, 2.45) is 0 Å². The zero-order valence-electron chi connectivity index (χ0n) is 24.5. The van der Waals surface area contributed by atoms with E-state index >= 15 is 0 Å². The van der Waals surface area contributed by atoms with Gasteiger partial charge < -0.3 is 25.2 Å². The SMILES string of the molecule is CCCCCCCCCCCCCCCC[N+](CO)(CCO)CCCO.O=C([O-])c1cccc2ccccc12. The second kappa shape index (κ2) is 22.8. The number of carbonyl (C=O) groups excluding carboxylic acids is 1. The van der Waals surface area contributed by atoms with Crippen molar-refractivity contribution in [3.63, 3.8) is 0 Å². The third kappa shape index (κ3) is 15.4. The van der Waals surface area contributed by atoms with E-state index in [1.807, 2.05) is 24.3 Å². The molecule has 222 valence electrons. The summed E-state index contributed by atoms with van der Waals surface area (Å²) in [5.74, 6) is -1.13. The van der Waals surface area contributed by atoms with Gasteiger partial charge in [-0.25, -0.2) is 0 Å². The number of hydrogen-bond acceptors (Lipinski definition) is 5.